The Labute approximate surface area is 332 Å². The van der Waals surface area contributed by atoms with E-state index in [1.807, 2.05) is 13.8 Å². The molecule has 55 heavy (non-hydrogen) atoms. The van der Waals surface area contributed by atoms with Gasteiger partial charge in [-0.15, -0.1) is 0 Å². The molecule has 0 N–H and O–H groups in total. The van der Waals surface area contributed by atoms with Crippen LogP contribution < -0.4 is 20.7 Å². The monoisotopic (exact) mass is 774 g/mol. The van der Waals surface area contributed by atoms with Gasteiger partial charge in [-0.1, -0.05) is 175 Å². The summed E-state index contributed by atoms with van der Waals surface area (Å²) in [6.45, 7) is 17.5. The Morgan fingerprint density at radius 2 is 1.05 bits per heavy atom. The fourth-order valence-electron chi connectivity index (χ4n) is 8.74. The van der Waals surface area contributed by atoms with Crippen LogP contribution in [0.25, 0.3) is 0 Å². The van der Waals surface area contributed by atoms with Crippen molar-refractivity contribution in [2.45, 2.75) is 116 Å². The molecule has 0 radical (unpaired) electrons. The number of benzene rings is 4. The van der Waals surface area contributed by atoms with E-state index in [0.717, 1.165) is 12.7 Å². The van der Waals surface area contributed by atoms with Gasteiger partial charge in [-0.3, -0.25) is 4.79 Å². The maximum Gasteiger partial charge on any atom is 0.306 e. The number of carbonyl (C=O) groups is 2. The summed E-state index contributed by atoms with van der Waals surface area (Å²) in [5.41, 5.74) is 0. The standard InChI is InChI=1S/C48H62O5Si2/c1-37(2)51-46(50)34-24-10-9-23-33-42-43(36-49)45(53-55(48(6,7)8,40-29-19-13-20-30-40)41-31-21-14-22-32-41)35-44(42)52-54(47(3,4)5,38-25-15-11-16-26-38)39-27-17-12-18-28-39/h9,11-23,25-32,36-37,42-45H,10,24,33-35H2,1-8H3/b23-9-/t42-,43-,44+,45-/m1/s1. The van der Waals surface area contributed by atoms with Crippen LogP contribution in [0.15, 0.2) is 133 Å². The number of unbranched alkanes of at least 4 members (excludes halogenated alkanes) is 1. The van der Waals surface area contributed by atoms with Crippen molar-refractivity contribution in [1.82, 2.24) is 0 Å². The number of hydrogen-bond donors (Lipinski definition) is 0. The zero-order valence-electron chi connectivity index (χ0n) is 34.2. The average Bonchev–Trinajstić information content (AvgIpc) is 3.49. The molecule has 5 nitrogen and oxygen atoms in total. The second-order valence-corrected chi connectivity index (χ2v) is 25.9. The van der Waals surface area contributed by atoms with Crippen LogP contribution in [0.2, 0.25) is 10.1 Å². The number of aldehydes is 1. The lowest BCUT2D eigenvalue weighted by Crippen LogP contribution is -2.68. The van der Waals surface area contributed by atoms with Crippen LogP contribution in [0.4, 0.5) is 0 Å². The van der Waals surface area contributed by atoms with Gasteiger partial charge in [0.2, 0.25) is 0 Å². The molecule has 1 aliphatic rings. The number of ether oxygens (including phenoxy) is 1. The molecule has 0 heterocycles. The molecule has 0 aliphatic heterocycles. The SMILES string of the molecule is CC(C)OC(=O)CCC/C=C\C[C@@H]1[C@@H](C=O)[C@H](O[Si](c2ccccc2)(c2ccccc2)C(C)(C)C)C[C@@H]1O[Si](c1ccccc1)(c1ccccc1)C(C)(C)C. The van der Waals surface area contributed by atoms with Gasteiger partial charge >= 0.3 is 5.97 Å². The largest absolute Gasteiger partial charge is 0.463 e. The van der Waals surface area contributed by atoms with E-state index in [-0.39, 0.29) is 46.2 Å². The number of esters is 1. The summed E-state index contributed by atoms with van der Waals surface area (Å²) >= 11 is 0. The Hall–Kier alpha value is -3.89. The molecule has 4 atom stereocenters. The Balaban J connectivity index is 1.60. The maximum absolute atomic E-state index is 13.6. The van der Waals surface area contributed by atoms with Crippen LogP contribution in [0, 0.1) is 11.8 Å². The predicted molar refractivity (Wildman–Crippen MR) is 231 cm³/mol. The first-order valence-corrected chi connectivity index (χ1v) is 23.9. The highest BCUT2D eigenvalue weighted by Gasteiger charge is 2.58. The summed E-state index contributed by atoms with van der Waals surface area (Å²) in [4.78, 5) is 25.8. The minimum atomic E-state index is -2.99. The molecule has 1 aliphatic carbocycles. The molecule has 0 unspecified atom stereocenters. The van der Waals surface area contributed by atoms with E-state index >= 15 is 0 Å². The molecule has 1 saturated carbocycles. The van der Waals surface area contributed by atoms with Crippen LogP contribution in [-0.4, -0.2) is 47.2 Å². The van der Waals surface area contributed by atoms with Crippen molar-refractivity contribution >= 4 is 49.6 Å². The average molecular weight is 775 g/mol. The fourth-order valence-corrected chi connectivity index (χ4v) is 18.2. The van der Waals surface area contributed by atoms with E-state index in [4.69, 9.17) is 13.6 Å². The minimum absolute atomic E-state index is 0.107. The third-order valence-electron chi connectivity index (χ3n) is 11.2. The summed E-state index contributed by atoms with van der Waals surface area (Å²) in [6.07, 6.45) is 7.93. The van der Waals surface area contributed by atoms with Crippen LogP contribution in [0.5, 0.6) is 0 Å². The topological polar surface area (TPSA) is 61.8 Å². The lowest BCUT2D eigenvalue weighted by Gasteiger charge is -2.46. The molecule has 0 amide bonds. The van der Waals surface area contributed by atoms with Gasteiger partial charge < -0.3 is 18.4 Å². The van der Waals surface area contributed by atoms with E-state index in [0.29, 0.717) is 25.7 Å². The molecule has 0 spiro atoms. The minimum Gasteiger partial charge on any atom is -0.463 e. The van der Waals surface area contributed by atoms with Gasteiger partial charge in [0.1, 0.15) is 6.29 Å². The third-order valence-corrected chi connectivity index (χ3v) is 21.3. The molecular formula is C48H62O5Si2. The number of hydrogen-bond acceptors (Lipinski definition) is 5. The second kappa shape index (κ2) is 18.4. The van der Waals surface area contributed by atoms with Crippen LogP contribution in [0.1, 0.15) is 87.5 Å². The van der Waals surface area contributed by atoms with Gasteiger partial charge in [0.15, 0.2) is 0 Å². The quantitative estimate of drug-likeness (QED) is 0.0375. The van der Waals surface area contributed by atoms with Crippen LogP contribution >= 0.6 is 0 Å². The fraction of sp³-hybridized carbons (Fsp3) is 0.417. The maximum atomic E-state index is 13.6. The van der Waals surface area contributed by atoms with Gasteiger partial charge in [0.05, 0.1) is 18.3 Å². The first kappa shape index (κ1) is 42.3. The second-order valence-electron chi connectivity index (χ2n) is 17.4. The van der Waals surface area contributed by atoms with E-state index in [2.05, 4.69) is 175 Å². The molecule has 4 aromatic carbocycles. The Morgan fingerprint density at radius 3 is 1.42 bits per heavy atom. The van der Waals surface area contributed by atoms with Crippen LogP contribution in [0.3, 0.4) is 0 Å². The van der Waals surface area contributed by atoms with Crippen molar-refractivity contribution in [1.29, 1.82) is 0 Å². The van der Waals surface area contributed by atoms with E-state index in [1.54, 1.807) is 0 Å². The molecule has 5 rings (SSSR count). The zero-order valence-corrected chi connectivity index (χ0v) is 36.2. The van der Waals surface area contributed by atoms with Crippen molar-refractivity contribution in [3.05, 3.63) is 133 Å². The number of allylic oxidation sites excluding steroid dienone is 2. The smallest absolute Gasteiger partial charge is 0.306 e. The Bertz CT molecular complexity index is 1740. The lowest BCUT2D eigenvalue weighted by atomic mass is 9.91. The molecule has 4 aromatic rings. The lowest BCUT2D eigenvalue weighted by molar-refractivity contribution is -0.147. The van der Waals surface area contributed by atoms with E-state index < -0.39 is 16.6 Å². The summed E-state index contributed by atoms with van der Waals surface area (Å²) in [5.74, 6) is -0.651. The van der Waals surface area contributed by atoms with Gasteiger partial charge in [0, 0.05) is 12.3 Å². The summed E-state index contributed by atoms with van der Waals surface area (Å²) in [6, 6.07) is 42.9. The molecule has 0 bridgehead atoms. The first-order valence-electron chi connectivity index (χ1n) is 20.1. The summed E-state index contributed by atoms with van der Waals surface area (Å²) in [5, 5.41) is 4.36. The van der Waals surface area contributed by atoms with Gasteiger partial charge in [-0.2, -0.15) is 0 Å². The molecule has 0 aromatic heterocycles. The first-order chi connectivity index (χ1) is 26.2. The Kier molecular flexibility index (Phi) is 14.1. The van der Waals surface area contributed by atoms with Crippen molar-refractivity contribution < 1.29 is 23.2 Å². The summed E-state index contributed by atoms with van der Waals surface area (Å²) in [7, 11) is -5.96. The van der Waals surface area contributed by atoms with Gasteiger partial charge in [0.25, 0.3) is 16.6 Å². The normalized spacial score (nSPS) is 19.5. The highest BCUT2D eigenvalue weighted by molar-refractivity contribution is 7.00. The molecule has 292 valence electrons. The van der Waals surface area contributed by atoms with Gasteiger partial charge in [-0.25, -0.2) is 0 Å². The highest BCUT2D eigenvalue weighted by atomic mass is 28.4. The number of carbonyl (C=O) groups excluding carboxylic acids is 2. The van der Waals surface area contributed by atoms with Crippen molar-refractivity contribution in [2.75, 3.05) is 0 Å². The van der Waals surface area contributed by atoms with Crippen molar-refractivity contribution in [2.24, 2.45) is 11.8 Å². The van der Waals surface area contributed by atoms with Crippen LogP contribution in [-0.2, 0) is 23.2 Å². The molecule has 1 fully saturated rings. The highest BCUT2D eigenvalue weighted by Crippen LogP contribution is 2.47. The predicted octanol–water partition coefficient (Wildman–Crippen LogP) is 8.78. The van der Waals surface area contributed by atoms with E-state index in [1.165, 1.54) is 20.7 Å². The van der Waals surface area contributed by atoms with Gasteiger partial charge in [-0.05, 0) is 76.3 Å². The van der Waals surface area contributed by atoms with E-state index in [9.17, 15) is 9.59 Å². The van der Waals surface area contributed by atoms with Crippen molar-refractivity contribution in [3.8, 4) is 0 Å². The molecule has 7 heteroatoms. The molecular weight excluding hydrogens is 713 g/mol. The molecule has 0 saturated heterocycles. The zero-order chi connectivity index (χ0) is 39.7. The summed E-state index contributed by atoms with van der Waals surface area (Å²) < 4.78 is 21.0. The van der Waals surface area contributed by atoms with Crippen molar-refractivity contribution in [3.63, 3.8) is 0 Å². The third kappa shape index (κ3) is 9.40. The number of rotatable bonds is 16. The Morgan fingerprint density at radius 1 is 0.655 bits per heavy atom.